The normalized spacial score (nSPS) is 28.3. The van der Waals surface area contributed by atoms with E-state index in [-0.39, 0.29) is 0 Å². The van der Waals surface area contributed by atoms with Crippen molar-refractivity contribution in [2.75, 3.05) is 26.2 Å². The quantitative estimate of drug-likeness (QED) is 0.557. The summed E-state index contributed by atoms with van der Waals surface area (Å²) in [6, 6.07) is 1.09. The Bertz CT molecular complexity index is 137. The summed E-state index contributed by atoms with van der Waals surface area (Å²) in [6.45, 7) is 3.39. The SMILES string of the molecule is NCCN(CCN)C1CCC(N)CC1. The second-order valence-corrected chi connectivity index (χ2v) is 4.18. The smallest absolute Gasteiger partial charge is 0.0108 e. The van der Waals surface area contributed by atoms with Gasteiger partial charge in [-0.1, -0.05) is 0 Å². The van der Waals surface area contributed by atoms with Gasteiger partial charge in [0.25, 0.3) is 0 Å². The minimum Gasteiger partial charge on any atom is -0.329 e. The van der Waals surface area contributed by atoms with Gasteiger partial charge in [0.15, 0.2) is 0 Å². The van der Waals surface area contributed by atoms with E-state index in [2.05, 4.69) is 4.90 Å². The number of nitrogens with two attached hydrogens (primary N) is 3. The molecule has 0 radical (unpaired) electrons. The molecule has 0 bridgehead atoms. The summed E-state index contributed by atoms with van der Waals surface area (Å²) in [7, 11) is 0. The van der Waals surface area contributed by atoms with Crippen LogP contribution in [0.1, 0.15) is 25.7 Å². The summed E-state index contributed by atoms with van der Waals surface area (Å²) in [4.78, 5) is 2.42. The minimum absolute atomic E-state index is 0.420. The van der Waals surface area contributed by atoms with E-state index >= 15 is 0 Å². The van der Waals surface area contributed by atoms with Crippen molar-refractivity contribution in [3.8, 4) is 0 Å². The Labute approximate surface area is 86.8 Å². The second kappa shape index (κ2) is 6.35. The number of rotatable bonds is 5. The fourth-order valence-corrected chi connectivity index (χ4v) is 2.28. The molecule has 14 heavy (non-hydrogen) atoms. The van der Waals surface area contributed by atoms with Crippen molar-refractivity contribution >= 4 is 0 Å². The highest BCUT2D eigenvalue weighted by molar-refractivity contribution is 4.81. The van der Waals surface area contributed by atoms with E-state index in [1.165, 1.54) is 12.8 Å². The summed E-state index contributed by atoms with van der Waals surface area (Å²) in [6.07, 6.45) is 4.72. The fraction of sp³-hybridized carbons (Fsp3) is 1.00. The van der Waals surface area contributed by atoms with Crippen molar-refractivity contribution in [2.24, 2.45) is 17.2 Å². The lowest BCUT2D eigenvalue weighted by molar-refractivity contribution is 0.157. The maximum Gasteiger partial charge on any atom is 0.0108 e. The molecule has 0 amide bonds. The number of hydrogen-bond acceptors (Lipinski definition) is 4. The molecular weight excluding hydrogens is 176 g/mol. The van der Waals surface area contributed by atoms with Crippen molar-refractivity contribution in [3.63, 3.8) is 0 Å². The molecule has 0 spiro atoms. The third-order valence-electron chi connectivity index (χ3n) is 3.09. The van der Waals surface area contributed by atoms with Gasteiger partial charge in [-0.3, -0.25) is 4.90 Å². The monoisotopic (exact) mass is 200 g/mol. The van der Waals surface area contributed by atoms with E-state index in [4.69, 9.17) is 17.2 Å². The molecule has 1 fully saturated rings. The van der Waals surface area contributed by atoms with E-state index in [1.54, 1.807) is 0 Å². The highest BCUT2D eigenvalue weighted by Gasteiger charge is 2.22. The topological polar surface area (TPSA) is 81.3 Å². The van der Waals surface area contributed by atoms with Crippen LogP contribution in [-0.4, -0.2) is 43.2 Å². The summed E-state index contributed by atoms with van der Waals surface area (Å²) >= 11 is 0. The molecule has 0 atom stereocenters. The molecule has 84 valence electrons. The van der Waals surface area contributed by atoms with Gasteiger partial charge >= 0.3 is 0 Å². The molecule has 0 aromatic carbocycles. The van der Waals surface area contributed by atoms with Gasteiger partial charge in [0.1, 0.15) is 0 Å². The van der Waals surface area contributed by atoms with Gasteiger partial charge in [0, 0.05) is 38.3 Å². The highest BCUT2D eigenvalue weighted by Crippen LogP contribution is 2.21. The third kappa shape index (κ3) is 3.53. The summed E-state index contributed by atoms with van der Waals surface area (Å²) in [5.41, 5.74) is 17.1. The van der Waals surface area contributed by atoms with Crippen molar-refractivity contribution < 1.29 is 0 Å². The first-order chi connectivity index (χ1) is 6.77. The standard InChI is InChI=1S/C10H24N4/c11-5-7-14(8-6-12)10-3-1-9(13)2-4-10/h9-10H,1-8,11-13H2. The van der Waals surface area contributed by atoms with Gasteiger partial charge in [-0.15, -0.1) is 0 Å². The van der Waals surface area contributed by atoms with Crippen LogP contribution in [0, 0.1) is 0 Å². The van der Waals surface area contributed by atoms with Crippen LogP contribution in [0.15, 0.2) is 0 Å². The molecule has 0 aromatic rings. The van der Waals surface area contributed by atoms with Crippen LogP contribution in [0.5, 0.6) is 0 Å². The van der Waals surface area contributed by atoms with Gasteiger partial charge in [0.2, 0.25) is 0 Å². The average molecular weight is 200 g/mol. The predicted octanol–water partition coefficient (Wildman–Crippen LogP) is -0.524. The van der Waals surface area contributed by atoms with Crippen LogP contribution < -0.4 is 17.2 Å². The van der Waals surface area contributed by atoms with E-state index in [0.717, 1.165) is 39.0 Å². The van der Waals surface area contributed by atoms with Gasteiger partial charge in [0.05, 0.1) is 0 Å². The molecule has 4 heteroatoms. The van der Waals surface area contributed by atoms with Crippen LogP contribution in [-0.2, 0) is 0 Å². The molecule has 0 aliphatic heterocycles. The lowest BCUT2D eigenvalue weighted by Gasteiger charge is -2.35. The van der Waals surface area contributed by atoms with Crippen molar-refractivity contribution in [1.82, 2.24) is 4.90 Å². The van der Waals surface area contributed by atoms with Crippen LogP contribution in [0.4, 0.5) is 0 Å². The molecule has 4 nitrogen and oxygen atoms in total. The summed E-state index contributed by atoms with van der Waals surface area (Å²) < 4.78 is 0. The zero-order valence-corrected chi connectivity index (χ0v) is 8.99. The van der Waals surface area contributed by atoms with E-state index in [1.807, 2.05) is 0 Å². The van der Waals surface area contributed by atoms with E-state index in [9.17, 15) is 0 Å². The second-order valence-electron chi connectivity index (χ2n) is 4.18. The molecule has 0 heterocycles. The first-order valence-electron chi connectivity index (χ1n) is 5.67. The van der Waals surface area contributed by atoms with Crippen molar-refractivity contribution in [1.29, 1.82) is 0 Å². The zero-order valence-electron chi connectivity index (χ0n) is 8.99. The molecule has 0 unspecified atom stereocenters. The molecule has 0 aromatic heterocycles. The third-order valence-corrected chi connectivity index (χ3v) is 3.09. The van der Waals surface area contributed by atoms with Crippen molar-refractivity contribution in [3.05, 3.63) is 0 Å². The Kier molecular flexibility index (Phi) is 5.40. The fourth-order valence-electron chi connectivity index (χ4n) is 2.28. The maximum atomic E-state index is 5.88. The molecule has 1 saturated carbocycles. The Hall–Kier alpha value is -0.160. The van der Waals surface area contributed by atoms with Gasteiger partial charge < -0.3 is 17.2 Å². The Morgan fingerprint density at radius 2 is 1.43 bits per heavy atom. The molecule has 1 aliphatic carbocycles. The molecule has 6 N–H and O–H groups in total. The van der Waals surface area contributed by atoms with E-state index < -0.39 is 0 Å². The van der Waals surface area contributed by atoms with Crippen LogP contribution >= 0.6 is 0 Å². The first kappa shape index (κ1) is 11.9. The molecule has 1 rings (SSSR count). The Morgan fingerprint density at radius 3 is 1.86 bits per heavy atom. The van der Waals surface area contributed by atoms with Crippen molar-refractivity contribution in [2.45, 2.75) is 37.8 Å². The van der Waals surface area contributed by atoms with E-state index in [0.29, 0.717) is 12.1 Å². The Balaban J connectivity index is 2.34. The zero-order chi connectivity index (χ0) is 10.4. The lowest BCUT2D eigenvalue weighted by Crippen LogP contribution is -2.45. The van der Waals surface area contributed by atoms with Gasteiger partial charge in [-0.25, -0.2) is 0 Å². The van der Waals surface area contributed by atoms with Crippen LogP contribution in [0.25, 0.3) is 0 Å². The lowest BCUT2D eigenvalue weighted by atomic mass is 9.90. The van der Waals surface area contributed by atoms with Crippen LogP contribution in [0.3, 0.4) is 0 Å². The minimum atomic E-state index is 0.420. The van der Waals surface area contributed by atoms with Crippen LogP contribution in [0.2, 0.25) is 0 Å². The first-order valence-corrected chi connectivity index (χ1v) is 5.67. The molecule has 1 aliphatic rings. The number of hydrogen-bond donors (Lipinski definition) is 3. The van der Waals surface area contributed by atoms with Gasteiger partial charge in [-0.05, 0) is 25.7 Å². The van der Waals surface area contributed by atoms with Gasteiger partial charge in [-0.2, -0.15) is 0 Å². The predicted molar refractivity (Wildman–Crippen MR) is 59.9 cm³/mol. The summed E-state index contributed by atoms with van der Waals surface area (Å²) in [5.74, 6) is 0. The Morgan fingerprint density at radius 1 is 0.929 bits per heavy atom. The summed E-state index contributed by atoms with van der Waals surface area (Å²) in [5, 5.41) is 0. The molecule has 0 saturated heterocycles. The highest BCUT2D eigenvalue weighted by atomic mass is 15.2. The number of nitrogens with zero attached hydrogens (tertiary/aromatic N) is 1. The molecular formula is C10H24N4. The average Bonchev–Trinajstić information content (AvgIpc) is 2.19. The largest absolute Gasteiger partial charge is 0.329 e. The maximum absolute atomic E-state index is 5.88.